The summed E-state index contributed by atoms with van der Waals surface area (Å²) in [6.07, 6.45) is 0.966. The maximum absolute atomic E-state index is 13.1. The molecule has 4 aromatic rings. The molecule has 2 aromatic heterocycles. The molecule has 0 saturated heterocycles. The quantitative estimate of drug-likeness (QED) is 0.491. The lowest BCUT2D eigenvalue weighted by atomic mass is 10.2. The molecule has 0 saturated carbocycles. The first-order valence-corrected chi connectivity index (χ1v) is 9.64. The van der Waals surface area contributed by atoms with E-state index in [2.05, 4.69) is 24.2 Å². The number of carbonyl (C=O) groups is 1. The molecule has 0 radical (unpaired) electrons. The van der Waals surface area contributed by atoms with Crippen LogP contribution in [0.3, 0.4) is 0 Å². The number of fused-ring (bicyclic) bond motifs is 1. The smallest absolute Gasteiger partial charge is 0.282 e. The van der Waals surface area contributed by atoms with Crippen LogP contribution >= 0.6 is 11.3 Å². The fraction of sp³-hybridized carbons (Fsp3) is 0.190. The Bertz CT molecular complexity index is 1090. The Morgan fingerprint density at radius 3 is 2.63 bits per heavy atom. The molecule has 2 aromatic carbocycles. The average Bonchev–Trinajstić information content (AvgIpc) is 3.31. The number of rotatable bonds is 5. The van der Waals surface area contributed by atoms with E-state index in [1.807, 2.05) is 36.4 Å². The van der Waals surface area contributed by atoms with Gasteiger partial charge in [-0.3, -0.25) is 9.69 Å². The summed E-state index contributed by atoms with van der Waals surface area (Å²) in [5.41, 5.74) is 3.47. The fourth-order valence-corrected chi connectivity index (χ4v) is 3.92. The Balaban J connectivity index is 1.75. The second-order valence-electron chi connectivity index (χ2n) is 6.35. The van der Waals surface area contributed by atoms with Gasteiger partial charge in [0.1, 0.15) is 5.76 Å². The van der Waals surface area contributed by atoms with Crippen molar-refractivity contribution in [2.45, 2.75) is 26.8 Å². The number of amides is 1. The van der Waals surface area contributed by atoms with Gasteiger partial charge >= 0.3 is 0 Å². The van der Waals surface area contributed by atoms with Crippen LogP contribution in [0.5, 0.6) is 0 Å². The minimum atomic E-state index is -0.217. The second kappa shape index (κ2) is 7.32. The van der Waals surface area contributed by atoms with Crippen LogP contribution in [-0.2, 0) is 13.0 Å². The van der Waals surface area contributed by atoms with Crippen LogP contribution in [0.25, 0.3) is 10.2 Å². The molecule has 136 valence electrons. The maximum atomic E-state index is 13.1. The molecule has 0 aliphatic carbocycles. The summed E-state index contributed by atoms with van der Waals surface area (Å²) in [4.78, 5) is 19.5. The first-order chi connectivity index (χ1) is 13.1. The zero-order chi connectivity index (χ0) is 18.8. The standard InChI is InChI=1S/C21H19N3O2S/c1-3-15-9-10-17-19(12-15)27-21(22-17)24(13-16-7-5-4-6-8-16)20(25)18-11-14(2)26-23-18/h4-12H,3,13H2,1-2H3. The predicted molar refractivity (Wildman–Crippen MR) is 107 cm³/mol. The van der Waals surface area contributed by atoms with E-state index in [0.717, 1.165) is 22.2 Å². The Kier molecular flexibility index (Phi) is 4.73. The van der Waals surface area contributed by atoms with Crippen molar-refractivity contribution in [2.75, 3.05) is 4.90 Å². The van der Waals surface area contributed by atoms with Crippen molar-refractivity contribution in [3.8, 4) is 0 Å². The molecule has 0 unspecified atom stereocenters. The van der Waals surface area contributed by atoms with Gasteiger partial charge in [-0.05, 0) is 36.6 Å². The molecule has 1 amide bonds. The molecule has 4 rings (SSSR count). The Morgan fingerprint density at radius 1 is 1.11 bits per heavy atom. The highest BCUT2D eigenvalue weighted by atomic mass is 32.1. The summed E-state index contributed by atoms with van der Waals surface area (Å²) in [5, 5.41) is 4.56. The molecular weight excluding hydrogens is 358 g/mol. The summed E-state index contributed by atoms with van der Waals surface area (Å²) in [6.45, 7) is 4.32. The summed E-state index contributed by atoms with van der Waals surface area (Å²) in [6, 6.07) is 17.8. The normalized spacial score (nSPS) is 11.0. The minimum absolute atomic E-state index is 0.217. The second-order valence-corrected chi connectivity index (χ2v) is 7.36. The van der Waals surface area contributed by atoms with Gasteiger partial charge in [-0.1, -0.05) is 59.8 Å². The van der Waals surface area contributed by atoms with Crippen molar-refractivity contribution in [1.82, 2.24) is 10.1 Å². The third-order valence-corrected chi connectivity index (χ3v) is 5.40. The van der Waals surface area contributed by atoms with E-state index in [0.29, 0.717) is 17.4 Å². The van der Waals surface area contributed by atoms with Crippen LogP contribution in [0.1, 0.15) is 34.3 Å². The van der Waals surface area contributed by atoms with Gasteiger partial charge in [-0.25, -0.2) is 4.98 Å². The summed E-state index contributed by atoms with van der Waals surface area (Å²) in [7, 11) is 0. The number of hydrogen-bond donors (Lipinski definition) is 0. The zero-order valence-corrected chi connectivity index (χ0v) is 16.0. The number of nitrogens with zero attached hydrogens (tertiary/aromatic N) is 3. The molecule has 27 heavy (non-hydrogen) atoms. The van der Waals surface area contributed by atoms with Crippen molar-refractivity contribution in [3.05, 3.63) is 77.2 Å². The van der Waals surface area contributed by atoms with Crippen LogP contribution < -0.4 is 4.90 Å². The van der Waals surface area contributed by atoms with Crippen LogP contribution in [0.2, 0.25) is 0 Å². The lowest BCUT2D eigenvalue weighted by Gasteiger charge is -2.18. The van der Waals surface area contributed by atoms with Crippen molar-refractivity contribution in [3.63, 3.8) is 0 Å². The summed E-state index contributed by atoms with van der Waals surface area (Å²) >= 11 is 1.52. The number of anilines is 1. The van der Waals surface area contributed by atoms with Crippen LogP contribution in [0.15, 0.2) is 59.1 Å². The number of aryl methyl sites for hydroxylation is 2. The lowest BCUT2D eigenvalue weighted by Crippen LogP contribution is -2.30. The molecule has 0 bridgehead atoms. The van der Waals surface area contributed by atoms with Gasteiger partial charge < -0.3 is 4.52 Å². The van der Waals surface area contributed by atoms with E-state index in [4.69, 9.17) is 9.51 Å². The van der Waals surface area contributed by atoms with E-state index < -0.39 is 0 Å². The Hall–Kier alpha value is -2.99. The summed E-state index contributed by atoms with van der Waals surface area (Å²) < 4.78 is 6.17. The molecule has 0 atom stereocenters. The van der Waals surface area contributed by atoms with Gasteiger partial charge in [0, 0.05) is 6.07 Å². The predicted octanol–water partition coefficient (Wildman–Crippen LogP) is 5.00. The van der Waals surface area contributed by atoms with Crippen molar-refractivity contribution in [2.24, 2.45) is 0 Å². The molecule has 0 fully saturated rings. The van der Waals surface area contributed by atoms with Gasteiger partial charge in [0.2, 0.25) is 0 Å². The van der Waals surface area contributed by atoms with Gasteiger partial charge in [-0.15, -0.1) is 0 Å². The first kappa shape index (κ1) is 17.4. The molecule has 2 heterocycles. The Labute approximate surface area is 161 Å². The van der Waals surface area contributed by atoms with E-state index >= 15 is 0 Å². The largest absolute Gasteiger partial charge is 0.361 e. The highest BCUT2D eigenvalue weighted by Crippen LogP contribution is 2.31. The van der Waals surface area contributed by atoms with E-state index in [1.54, 1.807) is 17.9 Å². The third kappa shape index (κ3) is 3.61. The van der Waals surface area contributed by atoms with Crippen LogP contribution in [0.4, 0.5) is 5.13 Å². The fourth-order valence-electron chi connectivity index (χ4n) is 2.89. The van der Waals surface area contributed by atoms with Gasteiger partial charge in [0.15, 0.2) is 10.8 Å². The lowest BCUT2D eigenvalue weighted by molar-refractivity contribution is 0.0976. The van der Waals surface area contributed by atoms with E-state index in [1.165, 1.54) is 16.9 Å². The zero-order valence-electron chi connectivity index (χ0n) is 15.2. The maximum Gasteiger partial charge on any atom is 0.282 e. The topological polar surface area (TPSA) is 59.2 Å². The van der Waals surface area contributed by atoms with Crippen LogP contribution in [0, 0.1) is 6.92 Å². The number of thiazole rings is 1. The van der Waals surface area contributed by atoms with Crippen molar-refractivity contribution in [1.29, 1.82) is 0 Å². The SMILES string of the molecule is CCc1ccc2nc(N(Cc3ccccc3)C(=O)c3cc(C)on3)sc2c1. The van der Waals surface area contributed by atoms with Gasteiger partial charge in [0.05, 0.1) is 16.8 Å². The van der Waals surface area contributed by atoms with Crippen molar-refractivity contribution >= 4 is 32.6 Å². The first-order valence-electron chi connectivity index (χ1n) is 8.82. The molecular formula is C21H19N3O2S. The van der Waals surface area contributed by atoms with Gasteiger partial charge in [0.25, 0.3) is 5.91 Å². The molecule has 0 aliphatic heterocycles. The molecule has 0 aliphatic rings. The highest BCUT2D eigenvalue weighted by Gasteiger charge is 2.24. The molecule has 0 spiro atoms. The third-order valence-electron chi connectivity index (χ3n) is 4.36. The monoisotopic (exact) mass is 377 g/mol. The highest BCUT2D eigenvalue weighted by molar-refractivity contribution is 7.22. The van der Waals surface area contributed by atoms with E-state index in [-0.39, 0.29) is 11.6 Å². The number of benzene rings is 2. The number of carbonyl (C=O) groups excluding carboxylic acids is 1. The summed E-state index contributed by atoms with van der Waals surface area (Å²) in [5.74, 6) is 0.389. The number of hydrogen-bond acceptors (Lipinski definition) is 5. The Morgan fingerprint density at radius 2 is 1.93 bits per heavy atom. The molecule has 0 N–H and O–H groups in total. The van der Waals surface area contributed by atoms with Crippen molar-refractivity contribution < 1.29 is 9.32 Å². The van der Waals surface area contributed by atoms with E-state index in [9.17, 15) is 4.79 Å². The number of aromatic nitrogens is 2. The average molecular weight is 377 g/mol. The van der Waals surface area contributed by atoms with Crippen LogP contribution in [-0.4, -0.2) is 16.0 Å². The minimum Gasteiger partial charge on any atom is -0.361 e. The van der Waals surface area contributed by atoms with Gasteiger partial charge in [-0.2, -0.15) is 0 Å². The molecule has 6 heteroatoms. The molecule has 5 nitrogen and oxygen atoms in total.